The minimum atomic E-state index is 0.399. The van der Waals surface area contributed by atoms with Gasteiger partial charge in [0, 0.05) is 30.6 Å². The van der Waals surface area contributed by atoms with E-state index in [4.69, 9.17) is 0 Å². The molecule has 2 aromatic rings. The predicted molar refractivity (Wildman–Crippen MR) is 78.1 cm³/mol. The Labute approximate surface area is 113 Å². The van der Waals surface area contributed by atoms with Gasteiger partial charge in [-0.15, -0.1) is 11.3 Å². The Morgan fingerprint density at radius 3 is 2.67 bits per heavy atom. The Balaban J connectivity index is 1.81. The highest BCUT2D eigenvalue weighted by Crippen LogP contribution is 2.14. The van der Waals surface area contributed by atoms with Gasteiger partial charge >= 0.3 is 0 Å². The molecule has 0 aliphatic carbocycles. The Kier molecular flexibility index (Phi) is 4.90. The Bertz CT molecular complexity index is 448. The van der Waals surface area contributed by atoms with Crippen LogP contribution >= 0.6 is 11.3 Å². The van der Waals surface area contributed by atoms with E-state index in [1.807, 2.05) is 11.6 Å². The number of hydrogen-bond donors (Lipinski definition) is 1. The van der Waals surface area contributed by atoms with E-state index in [9.17, 15) is 0 Å². The molecule has 1 unspecified atom stereocenters. The summed E-state index contributed by atoms with van der Waals surface area (Å²) in [6.45, 7) is 5.37. The second kappa shape index (κ2) is 6.66. The molecule has 1 aromatic carbocycles. The highest BCUT2D eigenvalue weighted by atomic mass is 32.1. The molecule has 2 nitrogen and oxygen atoms in total. The molecule has 1 atom stereocenters. The quantitative estimate of drug-likeness (QED) is 0.858. The molecular weight excluding hydrogens is 240 g/mol. The maximum atomic E-state index is 4.29. The van der Waals surface area contributed by atoms with Crippen molar-refractivity contribution >= 4 is 11.3 Å². The van der Waals surface area contributed by atoms with Crippen LogP contribution in [0.4, 0.5) is 0 Å². The fourth-order valence-corrected chi connectivity index (χ4v) is 2.55. The molecular formula is C15H20N2S. The van der Waals surface area contributed by atoms with E-state index in [0.29, 0.717) is 6.04 Å². The summed E-state index contributed by atoms with van der Waals surface area (Å²) in [5.74, 6) is 0. The largest absolute Gasteiger partial charge is 0.310 e. The number of rotatable bonds is 6. The molecule has 1 N–H and O–H groups in total. The maximum absolute atomic E-state index is 4.29. The Morgan fingerprint density at radius 2 is 2.06 bits per heavy atom. The second-order valence-electron chi connectivity index (χ2n) is 4.45. The summed E-state index contributed by atoms with van der Waals surface area (Å²) in [4.78, 5) is 4.29. The van der Waals surface area contributed by atoms with Crippen molar-refractivity contribution < 1.29 is 0 Å². The molecule has 1 heterocycles. The van der Waals surface area contributed by atoms with Gasteiger partial charge in [-0.05, 0) is 24.5 Å². The van der Waals surface area contributed by atoms with Crippen LogP contribution in [0.1, 0.15) is 36.0 Å². The number of nitrogens with one attached hydrogen (secondary N) is 1. The zero-order valence-corrected chi connectivity index (χ0v) is 11.8. The van der Waals surface area contributed by atoms with Crippen LogP contribution in [0.5, 0.6) is 0 Å². The lowest BCUT2D eigenvalue weighted by Gasteiger charge is -2.14. The van der Waals surface area contributed by atoms with E-state index < -0.39 is 0 Å². The van der Waals surface area contributed by atoms with Gasteiger partial charge in [-0.3, -0.25) is 0 Å². The van der Waals surface area contributed by atoms with E-state index >= 15 is 0 Å². The van der Waals surface area contributed by atoms with Crippen molar-refractivity contribution in [3.63, 3.8) is 0 Å². The van der Waals surface area contributed by atoms with Crippen LogP contribution in [0, 0.1) is 0 Å². The van der Waals surface area contributed by atoms with Crippen molar-refractivity contribution in [1.82, 2.24) is 10.3 Å². The SMILES string of the molecule is CCc1ccc(C(C)NCCc2nccs2)cc1. The third-order valence-corrected chi connectivity index (χ3v) is 4.00. The Morgan fingerprint density at radius 1 is 1.28 bits per heavy atom. The molecule has 0 spiro atoms. The molecule has 18 heavy (non-hydrogen) atoms. The third kappa shape index (κ3) is 3.65. The molecule has 96 valence electrons. The summed E-state index contributed by atoms with van der Waals surface area (Å²) in [7, 11) is 0. The summed E-state index contributed by atoms with van der Waals surface area (Å²) >= 11 is 1.72. The Hall–Kier alpha value is -1.19. The molecule has 0 radical (unpaired) electrons. The van der Waals surface area contributed by atoms with E-state index in [1.165, 1.54) is 16.1 Å². The van der Waals surface area contributed by atoms with Gasteiger partial charge in [0.15, 0.2) is 0 Å². The predicted octanol–water partition coefficient (Wildman–Crippen LogP) is 3.60. The van der Waals surface area contributed by atoms with Crippen molar-refractivity contribution in [2.24, 2.45) is 0 Å². The van der Waals surface area contributed by atoms with Gasteiger partial charge in [-0.2, -0.15) is 0 Å². The average molecular weight is 260 g/mol. The molecule has 0 amide bonds. The smallest absolute Gasteiger partial charge is 0.0937 e. The first-order valence-corrected chi connectivity index (χ1v) is 7.38. The van der Waals surface area contributed by atoms with Gasteiger partial charge in [0.05, 0.1) is 5.01 Å². The van der Waals surface area contributed by atoms with Crippen LogP contribution in [0.25, 0.3) is 0 Å². The van der Waals surface area contributed by atoms with Crippen molar-refractivity contribution in [2.45, 2.75) is 32.7 Å². The molecule has 0 aliphatic heterocycles. The van der Waals surface area contributed by atoms with Crippen molar-refractivity contribution in [3.8, 4) is 0 Å². The molecule has 0 bridgehead atoms. The van der Waals surface area contributed by atoms with Gasteiger partial charge in [-0.1, -0.05) is 31.2 Å². The van der Waals surface area contributed by atoms with Crippen LogP contribution in [-0.4, -0.2) is 11.5 Å². The number of benzene rings is 1. The molecule has 0 saturated carbocycles. The second-order valence-corrected chi connectivity index (χ2v) is 5.43. The van der Waals surface area contributed by atoms with E-state index in [1.54, 1.807) is 11.3 Å². The number of thiazole rings is 1. The molecule has 3 heteroatoms. The molecule has 2 rings (SSSR count). The zero-order chi connectivity index (χ0) is 12.8. The molecule has 0 aliphatic rings. The van der Waals surface area contributed by atoms with Crippen LogP contribution in [-0.2, 0) is 12.8 Å². The fraction of sp³-hybridized carbons (Fsp3) is 0.400. The van der Waals surface area contributed by atoms with Gasteiger partial charge in [0.1, 0.15) is 0 Å². The summed E-state index contributed by atoms with van der Waals surface area (Å²) in [6.07, 6.45) is 3.98. The first-order valence-electron chi connectivity index (χ1n) is 6.50. The van der Waals surface area contributed by atoms with E-state index in [-0.39, 0.29) is 0 Å². The van der Waals surface area contributed by atoms with Crippen LogP contribution in [0.3, 0.4) is 0 Å². The van der Waals surface area contributed by atoms with Gasteiger partial charge < -0.3 is 5.32 Å². The van der Waals surface area contributed by atoms with Crippen molar-refractivity contribution in [3.05, 3.63) is 52.0 Å². The summed E-state index contributed by atoms with van der Waals surface area (Å²) < 4.78 is 0. The molecule has 0 saturated heterocycles. The maximum Gasteiger partial charge on any atom is 0.0937 e. The van der Waals surface area contributed by atoms with Crippen molar-refractivity contribution in [2.75, 3.05) is 6.54 Å². The number of aromatic nitrogens is 1. The van der Waals surface area contributed by atoms with E-state index in [0.717, 1.165) is 19.4 Å². The van der Waals surface area contributed by atoms with Crippen LogP contribution in [0.15, 0.2) is 35.8 Å². The third-order valence-electron chi connectivity index (χ3n) is 3.16. The minimum absolute atomic E-state index is 0.399. The zero-order valence-electron chi connectivity index (χ0n) is 11.0. The van der Waals surface area contributed by atoms with Gasteiger partial charge in [0.25, 0.3) is 0 Å². The highest BCUT2D eigenvalue weighted by molar-refractivity contribution is 7.09. The fourth-order valence-electron chi connectivity index (χ4n) is 1.93. The van der Waals surface area contributed by atoms with E-state index in [2.05, 4.69) is 48.4 Å². The standard InChI is InChI=1S/C15H20N2S/c1-3-13-4-6-14(7-5-13)12(2)16-9-8-15-17-10-11-18-15/h4-7,10-12,16H,3,8-9H2,1-2H3. The van der Waals surface area contributed by atoms with Crippen LogP contribution in [0.2, 0.25) is 0 Å². The molecule has 0 fully saturated rings. The van der Waals surface area contributed by atoms with Gasteiger partial charge in [-0.25, -0.2) is 4.98 Å². The lowest BCUT2D eigenvalue weighted by molar-refractivity contribution is 0.576. The normalized spacial score (nSPS) is 12.6. The lowest BCUT2D eigenvalue weighted by atomic mass is 10.1. The lowest BCUT2D eigenvalue weighted by Crippen LogP contribution is -2.21. The first kappa shape index (κ1) is 13.2. The summed E-state index contributed by atoms with van der Waals surface area (Å²) in [6, 6.07) is 9.28. The molecule has 1 aromatic heterocycles. The number of aryl methyl sites for hydroxylation is 1. The number of hydrogen-bond acceptors (Lipinski definition) is 3. The van der Waals surface area contributed by atoms with Crippen molar-refractivity contribution in [1.29, 1.82) is 0 Å². The average Bonchev–Trinajstić information content (AvgIpc) is 2.92. The minimum Gasteiger partial charge on any atom is -0.310 e. The highest BCUT2D eigenvalue weighted by Gasteiger charge is 2.04. The number of nitrogens with zero attached hydrogens (tertiary/aromatic N) is 1. The van der Waals surface area contributed by atoms with Gasteiger partial charge in [0.2, 0.25) is 0 Å². The monoisotopic (exact) mass is 260 g/mol. The summed E-state index contributed by atoms with van der Waals surface area (Å²) in [5.41, 5.74) is 2.75. The first-order chi connectivity index (χ1) is 8.79. The van der Waals surface area contributed by atoms with Crippen LogP contribution < -0.4 is 5.32 Å². The summed E-state index contributed by atoms with van der Waals surface area (Å²) in [5, 5.41) is 6.78. The topological polar surface area (TPSA) is 24.9 Å².